The van der Waals surface area contributed by atoms with Gasteiger partial charge < -0.3 is 5.32 Å². The first-order chi connectivity index (χ1) is 14.8. The Morgan fingerprint density at radius 1 is 1.03 bits per heavy atom. The largest absolute Gasteiger partial charge is 0.345 e. The van der Waals surface area contributed by atoms with Crippen LogP contribution in [0.15, 0.2) is 71.6 Å². The molecule has 2 N–H and O–H groups in total. The molecule has 1 aliphatic carbocycles. The summed E-state index contributed by atoms with van der Waals surface area (Å²) in [5.41, 5.74) is 3.97. The van der Waals surface area contributed by atoms with Gasteiger partial charge >= 0.3 is 0 Å². The summed E-state index contributed by atoms with van der Waals surface area (Å²) in [5.74, 6) is -0.278. The molecule has 0 saturated heterocycles. The van der Waals surface area contributed by atoms with Crippen molar-refractivity contribution in [1.29, 1.82) is 0 Å². The maximum absolute atomic E-state index is 12.9. The Bertz CT molecular complexity index is 1220. The monoisotopic (exact) mass is 454 g/mol. The number of amides is 1. The van der Waals surface area contributed by atoms with Gasteiger partial charge in [-0.25, -0.2) is 8.42 Å². The van der Waals surface area contributed by atoms with Crippen LogP contribution in [-0.2, 0) is 16.4 Å². The quantitative estimate of drug-likeness (QED) is 0.552. The lowest BCUT2D eigenvalue weighted by Crippen LogP contribution is -2.31. The molecule has 3 aromatic rings. The van der Waals surface area contributed by atoms with E-state index in [4.69, 9.17) is 11.6 Å². The molecule has 1 amide bonds. The summed E-state index contributed by atoms with van der Waals surface area (Å²) in [4.78, 5) is 13.0. The molecule has 0 aromatic heterocycles. The molecule has 0 saturated carbocycles. The van der Waals surface area contributed by atoms with Gasteiger partial charge in [-0.3, -0.25) is 9.52 Å². The highest BCUT2D eigenvalue weighted by atomic mass is 35.5. The average Bonchev–Trinajstić information content (AvgIpc) is 2.74. The number of carbonyl (C=O) groups is 1. The van der Waals surface area contributed by atoms with Gasteiger partial charge in [-0.15, -0.1) is 0 Å². The van der Waals surface area contributed by atoms with Crippen LogP contribution in [0.2, 0.25) is 5.02 Å². The molecule has 0 bridgehead atoms. The zero-order valence-corrected chi connectivity index (χ0v) is 18.6. The first-order valence-corrected chi connectivity index (χ1v) is 12.0. The second kappa shape index (κ2) is 8.73. The number of anilines is 1. The number of rotatable bonds is 5. The van der Waals surface area contributed by atoms with Gasteiger partial charge in [-0.2, -0.15) is 0 Å². The molecule has 31 heavy (non-hydrogen) atoms. The molecule has 0 spiro atoms. The summed E-state index contributed by atoms with van der Waals surface area (Å²) in [6, 6.07) is 19.2. The summed E-state index contributed by atoms with van der Waals surface area (Å²) in [5, 5.41) is 3.25. The molecule has 0 radical (unpaired) electrons. The molecule has 160 valence electrons. The molecule has 0 fully saturated rings. The van der Waals surface area contributed by atoms with Crippen molar-refractivity contribution in [2.24, 2.45) is 0 Å². The predicted molar refractivity (Wildman–Crippen MR) is 123 cm³/mol. The molecule has 0 aliphatic heterocycles. The highest BCUT2D eigenvalue weighted by Crippen LogP contribution is 2.30. The van der Waals surface area contributed by atoms with E-state index in [1.165, 1.54) is 11.6 Å². The summed E-state index contributed by atoms with van der Waals surface area (Å²) in [6.45, 7) is 1.89. The van der Waals surface area contributed by atoms with E-state index in [1.807, 2.05) is 25.1 Å². The lowest BCUT2D eigenvalue weighted by Gasteiger charge is -2.26. The van der Waals surface area contributed by atoms with Crippen LogP contribution in [0.4, 0.5) is 5.69 Å². The number of carbonyl (C=O) groups excluding carboxylic acids is 1. The number of hydrogen-bond acceptors (Lipinski definition) is 3. The fraction of sp³-hybridized carbons (Fsp3) is 0.208. The van der Waals surface area contributed by atoms with Gasteiger partial charge in [0.25, 0.3) is 15.9 Å². The van der Waals surface area contributed by atoms with Crippen molar-refractivity contribution in [3.63, 3.8) is 0 Å². The Kier molecular flexibility index (Phi) is 6.03. The van der Waals surface area contributed by atoms with Crippen molar-refractivity contribution in [3.05, 3.63) is 94.0 Å². The topological polar surface area (TPSA) is 75.3 Å². The normalized spacial score (nSPS) is 15.7. The van der Waals surface area contributed by atoms with Crippen LogP contribution in [-0.4, -0.2) is 14.3 Å². The highest BCUT2D eigenvalue weighted by molar-refractivity contribution is 7.92. The Morgan fingerprint density at radius 2 is 1.77 bits per heavy atom. The van der Waals surface area contributed by atoms with Crippen molar-refractivity contribution in [2.45, 2.75) is 37.1 Å². The number of halogens is 1. The Labute approximate surface area is 187 Å². The van der Waals surface area contributed by atoms with Crippen LogP contribution in [0.1, 0.15) is 45.9 Å². The Hall–Kier alpha value is -2.83. The number of hydrogen-bond donors (Lipinski definition) is 2. The summed E-state index contributed by atoms with van der Waals surface area (Å²) < 4.78 is 27.7. The second-order valence-corrected chi connectivity index (χ2v) is 9.82. The molecule has 3 aromatic carbocycles. The number of benzene rings is 3. The third-order valence-corrected chi connectivity index (χ3v) is 7.18. The summed E-state index contributed by atoms with van der Waals surface area (Å²) in [6.07, 6.45) is 2.89. The van der Waals surface area contributed by atoms with Crippen molar-refractivity contribution < 1.29 is 13.2 Å². The minimum absolute atomic E-state index is 0.0618. The molecule has 1 aliphatic rings. The van der Waals surface area contributed by atoms with Crippen LogP contribution in [0.25, 0.3) is 0 Å². The van der Waals surface area contributed by atoms with Crippen molar-refractivity contribution >= 4 is 33.2 Å². The summed E-state index contributed by atoms with van der Waals surface area (Å²) >= 11 is 6.34. The van der Waals surface area contributed by atoms with Crippen molar-refractivity contribution in [3.8, 4) is 0 Å². The standard InChI is InChI=1S/C24H23ClN2O3S/c1-16-9-12-19(13-10-16)31(29,30)27-18-11-14-21(22(25)15-18)24(28)26-23-8-4-6-17-5-2-3-7-20(17)23/h2-3,5,7,9-15,23,27H,4,6,8H2,1H3,(H,26,28)/t23-/m1/s1. The van der Waals surface area contributed by atoms with E-state index in [-0.39, 0.29) is 21.9 Å². The highest BCUT2D eigenvalue weighted by Gasteiger charge is 2.23. The van der Waals surface area contributed by atoms with E-state index in [2.05, 4.69) is 16.1 Å². The smallest absolute Gasteiger partial charge is 0.261 e. The third kappa shape index (κ3) is 4.75. The van der Waals surface area contributed by atoms with E-state index in [9.17, 15) is 13.2 Å². The second-order valence-electron chi connectivity index (χ2n) is 7.73. The molecule has 1 atom stereocenters. The predicted octanol–water partition coefficient (Wildman–Crippen LogP) is 5.26. The first kappa shape index (κ1) is 21.4. The van der Waals surface area contributed by atoms with Gasteiger partial charge in [-0.05, 0) is 67.6 Å². The maximum atomic E-state index is 12.9. The number of nitrogens with one attached hydrogen (secondary N) is 2. The van der Waals surface area contributed by atoms with Gasteiger partial charge in [0.15, 0.2) is 0 Å². The fourth-order valence-electron chi connectivity index (χ4n) is 3.83. The van der Waals surface area contributed by atoms with Crippen LogP contribution in [0.3, 0.4) is 0 Å². The van der Waals surface area contributed by atoms with Crippen molar-refractivity contribution in [1.82, 2.24) is 5.32 Å². The van der Waals surface area contributed by atoms with Crippen LogP contribution in [0.5, 0.6) is 0 Å². The SMILES string of the molecule is Cc1ccc(S(=O)(=O)Nc2ccc(C(=O)N[C@@H]3CCCc4ccccc43)c(Cl)c2)cc1. The van der Waals surface area contributed by atoms with Crippen LogP contribution >= 0.6 is 11.6 Å². The maximum Gasteiger partial charge on any atom is 0.261 e. The minimum atomic E-state index is -3.75. The van der Waals surface area contributed by atoms with Crippen LogP contribution in [0, 0.1) is 6.92 Å². The van der Waals surface area contributed by atoms with E-state index in [0.29, 0.717) is 11.3 Å². The van der Waals surface area contributed by atoms with Crippen LogP contribution < -0.4 is 10.0 Å². The molecule has 4 rings (SSSR count). The molecule has 0 heterocycles. The molecule has 0 unspecified atom stereocenters. The van der Waals surface area contributed by atoms with Crippen molar-refractivity contribution in [2.75, 3.05) is 4.72 Å². The lowest BCUT2D eigenvalue weighted by atomic mass is 9.87. The zero-order valence-electron chi connectivity index (χ0n) is 17.1. The van der Waals surface area contributed by atoms with Gasteiger partial charge in [0.1, 0.15) is 0 Å². The molecule has 7 heteroatoms. The first-order valence-electron chi connectivity index (χ1n) is 10.1. The van der Waals surface area contributed by atoms with E-state index >= 15 is 0 Å². The third-order valence-electron chi connectivity index (χ3n) is 5.47. The zero-order chi connectivity index (χ0) is 22.0. The van der Waals surface area contributed by atoms with Gasteiger partial charge in [0.05, 0.1) is 27.2 Å². The number of aryl methyl sites for hydroxylation is 2. The Balaban J connectivity index is 1.50. The molecule has 5 nitrogen and oxygen atoms in total. The Morgan fingerprint density at radius 3 is 2.52 bits per heavy atom. The van der Waals surface area contributed by atoms with E-state index in [1.54, 1.807) is 36.4 Å². The fourth-order valence-corrected chi connectivity index (χ4v) is 5.15. The van der Waals surface area contributed by atoms with E-state index < -0.39 is 10.0 Å². The minimum Gasteiger partial charge on any atom is -0.345 e. The van der Waals surface area contributed by atoms with E-state index in [0.717, 1.165) is 30.4 Å². The van der Waals surface area contributed by atoms with Gasteiger partial charge in [0, 0.05) is 0 Å². The average molecular weight is 455 g/mol. The van der Waals surface area contributed by atoms with Gasteiger partial charge in [0.2, 0.25) is 0 Å². The summed E-state index contributed by atoms with van der Waals surface area (Å²) in [7, 11) is -3.75. The molecular weight excluding hydrogens is 432 g/mol. The van der Waals surface area contributed by atoms with Gasteiger partial charge in [-0.1, -0.05) is 53.6 Å². The molecular formula is C24H23ClN2O3S. The number of fused-ring (bicyclic) bond motifs is 1. The number of sulfonamides is 1. The lowest BCUT2D eigenvalue weighted by molar-refractivity contribution is 0.0933.